The highest BCUT2D eigenvalue weighted by molar-refractivity contribution is 7.14. The smallest absolute Gasteiger partial charge is 0.273 e. The van der Waals surface area contributed by atoms with E-state index in [1.807, 2.05) is 17.6 Å². The molecule has 0 aromatic carbocycles. The van der Waals surface area contributed by atoms with E-state index in [-0.39, 0.29) is 11.6 Å². The Morgan fingerprint density at radius 3 is 3.14 bits per heavy atom. The first kappa shape index (κ1) is 13.8. The quantitative estimate of drug-likeness (QED) is 0.784. The van der Waals surface area contributed by atoms with Gasteiger partial charge in [0.1, 0.15) is 0 Å². The van der Waals surface area contributed by atoms with Crippen LogP contribution in [-0.4, -0.2) is 27.4 Å². The summed E-state index contributed by atoms with van der Waals surface area (Å²) >= 11 is 7.45. The minimum absolute atomic E-state index is 0.231. The lowest BCUT2D eigenvalue weighted by atomic mass is 10.3. The molecule has 0 fully saturated rings. The number of hydrogen-bond donors (Lipinski definition) is 1. The Morgan fingerprint density at radius 2 is 2.43 bits per heavy atom. The van der Waals surface area contributed by atoms with Crippen LogP contribution in [0.25, 0.3) is 10.6 Å². The van der Waals surface area contributed by atoms with Gasteiger partial charge in [-0.05, 0) is 17.5 Å². The first-order valence-corrected chi connectivity index (χ1v) is 7.45. The van der Waals surface area contributed by atoms with Crippen LogP contribution in [0.15, 0.2) is 40.5 Å². The minimum atomic E-state index is -0.287. The molecule has 21 heavy (non-hydrogen) atoms. The van der Waals surface area contributed by atoms with Gasteiger partial charge in [0, 0.05) is 25.0 Å². The van der Waals surface area contributed by atoms with Crippen molar-refractivity contribution in [2.75, 3.05) is 6.54 Å². The average molecular weight is 323 g/mol. The molecule has 108 valence electrons. The van der Waals surface area contributed by atoms with Gasteiger partial charge < -0.3 is 9.84 Å². The summed E-state index contributed by atoms with van der Waals surface area (Å²) in [6, 6.07) is 5.19. The van der Waals surface area contributed by atoms with Crippen LogP contribution in [0.5, 0.6) is 0 Å². The Labute approximate surface area is 129 Å². The van der Waals surface area contributed by atoms with E-state index in [0.717, 1.165) is 4.88 Å². The molecule has 0 radical (unpaired) electrons. The molecule has 0 bridgehead atoms. The van der Waals surface area contributed by atoms with E-state index >= 15 is 0 Å². The maximum absolute atomic E-state index is 11.9. The van der Waals surface area contributed by atoms with Crippen molar-refractivity contribution in [2.45, 2.75) is 6.54 Å². The van der Waals surface area contributed by atoms with Crippen molar-refractivity contribution in [1.29, 1.82) is 0 Å². The molecule has 6 nitrogen and oxygen atoms in total. The molecule has 0 unspecified atom stereocenters. The zero-order valence-electron chi connectivity index (χ0n) is 10.8. The van der Waals surface area contributed by atoms with Crippen molar-refractivity contribution >= 4 is 28.8 Å². The van der Waals surface area contributed by atoms with Crippen molar-refractivity contribution in [2.24, 2.45) is 0 Å². The lowest BCUT2D eigenvalue weighted by Gasteiger charge is -2.02. The van der Waals surface area contributed by atoms with E-state index in [2.05, 4.69) is 15.6 Å². The fourth-order valence-corrected chi connectivity index (χ4v) is 2.86. The average Bonchev–Trinajstić information content (AvgIpc) is 3.18. The van der Waals surface area contributed by atoms with Gasteiger partial charge in [-0.25, -0.2) is 0 Å². The lowest BCUT2D eigenvalue weighted by Crippen LogP contribution is -2.27. The van der Waals surface area contributed by atoms with Crippen LogP contribution >= 0.6 is 22.9 Å². The maximum Gasteiger partial charge on any atom is 0.273 e. The molecule has 0 aliphatic rings. The normalized spacial score (nSPS) is 10.7. The van der Waals surface area contributed by atoms with Crippen molar-refractivity contribution in [3.8, 4) is 10.6 Å². The number of nitrogens with one attached hydrogen (secondary N) is 1. The third kappa shape index (κ3) is 3.14. The zero-order valence-corrected chi connectivity index (χ0v) is 12.4. The summed E-state index contributed by atoms with van der Waals surface area (Å²) in [7, 11) is 0. The summed E-state index contributed by atoms with van der Waals surface area (Å²) in [5.74, 6) is 0.206. The van der Waals surface area contributed by atoms with Gasteiger partial charge >= 0.3 is 0 Å². The van der Waals surface area contributed by atoms with Gasteiger partial charge in [0.25, 0.3) is 5.91 Å². The van der Waals surface area contributed by atoms with Crippen LogP contribution in [0, 0.1) is 0 Å². The number of amides is 1. The van der Waals surface area contributed by atoms with Gasteiger partial charge in [0.15, 0.2) is 11.5 Å². The Bertz CT molecular complexity index is 735. The second-order valence-corrected chi connectivity index (χ2v) is 5.52. The van der Waals surface area contributed by atoms with Gasteiger partial charge in [-0.15, -0.1) is 11.3 Å². The second kappa shape index (κ2) is 6.11. The molecule has 3 aromatic rings. The van der Waals surface area contributed by atoms with Gasteiger partial charge in [-0.3, -0.25) is 9.48 Å². The highest BCUT2D eigenvalue weighted by Crippen LogP contribution is 2.33. The standard InChI is InChI=1S/C13H11ClN4O2S/c14-9-2-7-21-12(9)11-8-10(17-20-11)13(19)15-4-6-18-5-1-3-16-18/h1-3,5,7-8H,4,6H2,(H,15,19). The molecule has 0 aliphatic carbocycles. The first-order chi connectivity index (χ1) is 10.2. The number of rotatable bonds is 5. The fourth-order valence-electron chi connectivity index (χ4n) is 1.77. The highest BCUT2D eigenvalue weighted by atomic mass is 35.5. The molecule has 3 rings (SSSR count). The van der Waals surface area contributed by atoms with Gasteiger partial charge in [-0.2, -0.15) is 5.10 Å². The number of halogens is 1. The lowest BCUT2D eigenvalue weighted by molar-refractivity contribution is 0.0943. The Hall–Kier alpha value is -2.12. The molecule has 1 amide bonds. The molecule has 8 heteroatoms. The van der Waals surface area contributed by atoms with E-state index in [9.17, 15) is 4.79 Å². The molecule has 0 saturated carbocycles. The molecular formula is C13H11ClN4O2S. The van der Waals surface area contributed by atoms with Crippen molar-refractivity contribution in [3.63, 3.8) is 0 Å². The zero-order chi connectivity index (χ0) is 14.7. The van der Waals surface area contributed by atoms with Crippen LogP contribution < -0.4 is 5.32 Å². The molecule has 0 atom stereocenters. The van der Waals surface area contributed by atoms with Crippen molar-refractivity contribution in [1.82, 2.24) is 20.3 Å². The summed E-state index contributed by atoms with van der Waals surface area (Å²) in [5.41, 5.74) is 0.231. The summed E-state index contributed by atoms with van der Waals surface area (Å²) in [5, 5.41) is 13.0. The third-order valence-corrected chi connectivity index (χ3v) is 4.13. The summed E-state index contributed by atoms with van der Waals surface area (Å²) in [6.07, 6.45) is 3.52. The van der Waals surface area contributed by atoms with E-state index in [0.29, 0.717) is 23.9 Å². The Morgan fingerprint density at radius 1 is 1.52 bits per heavy atom. The van der Waals surface area contributed by atoms with Crippen molar-refractivity contribution in [3.05, 3.63) is 46.7 Å². The van der Waals surface area contributed by atoms with Crippen LogP contribution in [0.1, 0.15) is 10.5 Å². The van der Waals surface area contributed by atoms with Gasteiger partial charge in [0.05, 0.1) is 16.4 Å². The molecular weight excluding hydrogens is 312 g/mol. The number of nitrogens with zero attached hydrogens (tertiary/aromatic N) is 3. The number of hydrogen-bond acceptors (Lipinski definition) is 5. The van der Waals surface area contributed by atoms with Gasteiger partial charge in [-0.1, -0.05) is 16.8 Å². The fraction of sp³-hybridized carbons (Fsp3) is 0.154. The molecule has 0 spiro atoms. The number of thiophene rings is 1. The van der Waals surface area contributed by atoms with Crippen LogP contribution in [0.2, 0.25) is 5.02 Å². The monoisotopic (exact) mass is 322 g/mol. The van der Waals surface area contributed by atoms with Crippen molar-refractivity contribution < 1.29 is 9.32 Å². The summed E-state index contributed by atoms with van der Waals surface area (Å²) in [6.45, 7) is 1.06. The first-order valence-electron chi connectivity index (χ1n) is 6.20. The Balaban J connectivity index is 1.60. The van der Waals surface area contributed by atoms with Crippen LogP contribution in [-0.2, 0) is 6.54 Å². The number of carbonyl (C=O) groups excluding carboxylic acids is 1. The maximum atomic E-state index is 11.9. The van der Waals surface area contributed by atoms with Gasteiger partial charge in [0.2, 0.25) is 0 Å². The van der Waals surface area contributed by atoms with E-state index in [1.54, 1.807) is 23.0 Å². The third-order valence-electron chi connectivity index (χ3n) is 2.77. The number of aromatic nitrogens is 3. The number of carbonyl (C=O) groups is 1. The molecule has 3 heterocycles. The minimum Gasteiger partial charge on any atom is -0.355 e. The topological polar surface area (TPSA) is 73.0 Å². The predicted octanol–water partition coefficient (Wildman–Crippen LogP) is 2.68. The SMILES string of the molecule is O=C(NCCn1cccn1)c1cc(-c2sccc2Cl)on1. The largest absolute Gasteiger partial charge is 0.355 e. The summed E-state index contributed by atoms with van der Waals surface area (Å²) in [4.78, 5) is 12.7. The molecule has 3 aromatic heterocycles. The predicted molar refractivity (Wildman–Crippen MR) is 79.4 cm³/mol. The highest BCUT2D eigenvalue weighted by Gasteiger charge is 2.15. The Kier molecular flexibility index (Phi) is 4.03. The van der Waals surface area contributed by atoms with E-state index < -0.39 is 0 Å². The summed E-state index contributed by atoms with van der Waals surface area (Å²) < 4.78 is 6.90. The van der Waals surface area contributed by atoms with E-state index in [1.165, 1.54) is 11.3 Å². The molecule has 1 N–H and O–H groups in total. The van der Waals surface area contributed by atoms with Crippen LogP contribution in [0.4, 0.5) is 0 Å². The van der Waals surface area contributed by atoms with Crippen LogP contribution in [0.3, 0.4) is 0 Å². The molecule has 0 aliphatic heterocycles. The molecule has 0 saturated heterocycles. The second-order valence-electron chi connectivity index (χ2n) is 4.20. The van der Waals surface area contributed by atoms with E-state index in [4.69, 9.17) is 16.1 Å².